The van der Waals surface area contributed by atoms with Gasteiger partial charge in [-0.1, -0.05) is 109 Å². The molecule has 4 aliphatic rings. The molecule has 3 nitrogen and oxygen atoms in total. The van der Waals surface area contributed by atoms with Gasteiger partial charge in [-0.15, -0.1) is 10.2 Å². The van der Waals surface area contributed by atoms with Gasteiger partial charge in [0.15, 0.2) is 0 Å². The van der Waals surface area contributed by atoms with Crippen molar-refractivity contribution in [2.75, 3.05) is 0 Å². The maximum Gasteiger partial charge on any atom is 0.247 e. The highest BCUT2D eigenvalue weighted by atomic mass is 16.4. The van der Waals surface area contributed by atoms with Crippen LogP contribution in [0.25, 0.3) is 11.5 Å². The second kappa shape index (κ2) is 7.60. The molecule has 5 atom stereocenters. The fraction of sp³-hybridized carbons (Fsp3) is 0.297. The zero-order valence-electron chi connectivity index (χ0n) is 22.6. The van der Waals surface area contributed by atoms with Crippen molar-refractivity contribution in [3.63, 3.8) is 0 Å². The van der Waals surface area contributed by atoms with Crippen molar-refractivity contribution in [1.29, 1.82) is 0 Å². The highest BCUT2D eigenvalue weighted by Gasteiger charge is 2.87. The topological polar surface area (TPSA) is 38.9 Å². The molecule has 3 heteroatoms. The molecule has 0 aliphatic heterocycles. The summed E-state index contributed by atoms with van der Waals surface area (Å²) in [6, 6.07) is 44.5. The number of nitrogens with zero attached hydrogens (tertiary/aromatic N) is 2. The molecular formula is C37H32N2O. The van der Waals surface area contributed by atoms with Gasteiger partial charge in [0, 0.05) is 16.4 Å². The van der Waals surface area contributed by atoms with Gasteiger partial charge in [-0.2, -0.15) is 0 Å². The van der Waals surface area contributed by atoms with Crippen LogP contribution in [0.5, 0.6) is 0 Å². The Kier molecular flexibility index (Phi) is 4.33. The van der Waals surface area contributed by atoms with Crippen LogP contribution in [0.1, 0.15) is 61.1 Å². The van der Waals surface area contributed by atoms with Gasteiger partial charge in [0.1, 0.15) is 0 Å². The van der Waals surface area contributed by atoms with Gasteiger partial charge in [0.25, 0.3) is 0 Å². The van der Waals surface area contributed by atoms with Crippen LogP contribution < -0.4 is 0 Å². The van der Waals surface area contributed by atoms with E-state index in [9.17, 15) is 0 Å². The number of hydrogen-bond acceptors (Lipinski definition) is 3. The van der Waals surface area contributed by atoms with Crippen molar-refractivity contribution in [1.82, 2.24) is 10.2 Å². The van der Waals surface area contributed by atoms with Crippen LogP contribution in [-0.2, 0) is 21.7 Å². The normalized spacial score (nSPS) is 34.9. The number of rotatable bonds is 5. The van der Waals surface area contributed by atoms with Crippen LogP contribution in [0.3, 0.4) is 0 Å². The van der Waals surface area contributed by atoms with Crippen LogP contribution in [0.4, 0.5) is 0 Å². The molecule has 5 unspecified atom stereocenters. The molecule has 0 amide bonds. The molecule has 0 radical (unpaired) electrons. The lowest BCUT2D eigenvalue weighted by atomic mass is 9.36. The van der Waals surface area contributed by atoms with Crippen LogP contribution in [0, 0.1) is 5.41 Å². The minimum Gasteiger partial charge on any atom is -0.420 e. The molecule has 5 aromatic rings. The average Bonchev–Trinajstić information content (AvgIpc) is 3.63. The highest BCUT2D eigenvalue weighted by Crippen LogP contribution is 2.90. The van der Waals surface area contributed by atoms with E-state index in [0.29, 0.717) is 5.89 Å². The van der Waals surface area contributed by atoms with E-state index in [2.05, 4.69) is 108 Å². The fourth-order valence-electron chi connectivity index (χ4n) is 10.7. The lowest BCUT2D eigenvalue weighted by Crippen LogP contribution is -2.65. The van der Waals surface area contributed by atoms with E-state index in [1.165, 1.54) is 36.0 Å². The Morgan fingerprint density at radius 2 is 0.950 bits per heavy atom. The quantitative estimate of drug-likeness (QED) is 0.235. The van der Waals surface area contributed by atoms with Crippen molar-refractivity contribution >= 4 is 0 Å². The molecule has 0 saturated heterocycles. The van der Waals surface area contributed by atoms with Gasteiger partial charge in [-0.25, -0.2) is 0 Å². The summed E-state index contributed by atoms with van der Waals surface area (Å²) in [5.41, 5.74) is 5.78. The molecule has 40 heavy (non-hydrogen) atoms. The monoisotopic (exact) mass is 520 g/mol. The summed E-state index contributed by atoms with van der Waals surface area (Å²) < 4.78 is 6.70. The first kappa shape index (κ1) is 22.8. The second-order valence-electron chi connectivity index (χ2n) is 13.2. The molecule has 0 N–H and O–H groups in total. The Bertz CT molecular complexity index is 1710. The van der Waals surface area contributed by atoms with Crippen LogP contribution >= 0.6 is 0 Å². The average molecular weight is 521 g/mol. The number of fused-ring (bicyclic) bond motifs is 2. The summed E-state index contributed by atoms with van der Waals surface area (Å²) in [6.07, 6.45) is 6.83. The molecular weight excluding hydrogens is 488 g/mol. The number of hydrogen-bond donors (Lipinski definition) is 0. The minimum absolute atomic E-state index is 0.0732. The van der Waals surface area contributed by atoms with Crippen LogP contribution in [0.15, 0.2) is 126 Å². The SMILES string of the molecule is c1ccc(-c2nnc(C34CC5(c6ccccc6)CC6(c7ccccc7)CC(c7ccccc7)(C3)C6(C5)C4)o2)cc1. The number of aromatic nitrogens is 2. The van der Waals surface area contributed by atoms with Crippen molar-refractivity contribution < 1.29 is 4.42 Å². The Labute approximate surface area is 235 Å². The zero-order chi connectivity index (χ0) is 26.5. The lowest BCUT2D eigenvalue weighted by molar-refractivity contribution is -0.0691. The first-order valence-electron chi connectivity index (χ1n) is 14.7. The molecule has 4 aliphatic carbocycles. The summed E-state index contributed by atoms with van der Waals surface area (Å²) in [7, 11) is 0. The van der Waals surface area contributed by atoms with Crippen LogP contribution in [0.2, 0.25) is 0 Å². The van der Waals surface area contributed by atoms with Gasteiger partial charge in [-0.3, -0.25) is 0 Å². The van der Waals surface area contributed by atoms with Gasteiger partial charge >= 0.3 is 0 Å². The molecule has 4 fully saturated rings. The van der Waals surface area contributed by atoms with E-state index in [1.807, 2.05) is 18.2 Å². The molecule has 1 heterocycles. The first-order valence-corrected chi connectivity index (χ1v) is 14.7. The standard InChI is InChI=1S/C37H32N2O/c1-5-13-27(14-6-1)31-38-39-32(40-31)34-21-33(28-15-7-2-8-16-28)22-35(29-17-9-3-10-18-29)26-36(23-34,37(35,24-33)25-34)30-19-11-4-12-20-30/h1-20H,21-26H2. The Balaban J connectivity index is 1.29. The molecule has 4 aromatic carbocycles. The molecule has 1 aromatic heterocycles. The molecule has 1 spiro atoms. The van der Waals surface area contributed by atoms with Crippen molar-refractivity contribution in [2.45, 2.75) is 60.2 Å². The van der Waals surface area contributed by atoms with Crippen molar-refractivity contribution in [2.24, 2.45) is 5.41 Å². The first-order chi connectivity index (χ1) is 19.6. The van der Waals surface area contributed by atoms with Gasteiger partial charge in [0.05, 0.1) is 5.41 Å². The summed E-state index contributed by atoms with van der Waals surface area (Å²) in [5.74, 6) is 1.48. The highest BCUT2D eigenvalue weighted by molar-refractivity contribution is 5.58. The van der Waals surface area contributed by atoms with Gasteiger partial charge in [0.2, 0.25) is 11.8 Å². The Morgan fingerprint density at radius 3 is 1.55 bits per heavy atom. The molecule has 3 bridgehead atoms. The predicted octanol–water partition coefficient (Wildman–Crippen LogP) is 8.17. The minimum atomic E-state index is -0.156. The Morgan fingerprint density at radius 1 is 0.450 bits per heavy atom. The largest absolute Gasteiger partial charge is 0.420 e. The van der Waals surface area contributed by atoms with E-state index in [1.54, 1.807) is 0 Å². The zero-order valence-corrected chi connectivity index (χ0v) is 22.6. The van der Waals surface area contributed by atoms with E-state index >= 15 is 0 Å². The summed E-state index contributed by atoms with van der Waals surface area (Å²) in [4.78, 5) is 0. The molecule has 9 rings (SSSR count). The maximum absolute atomic E-state index is 6.70. The predicted molar refractivity (Wildman–Crippen MR) is 156 cm³/mol. The lowest BCUT2D eigenvalue weighted by Gasteiger charge is -2.67. The third-order valence-corrected chi connectivity index (χ3v) is 11.6. The Hall–Kier alpha value is -3.98. The van der Waals surface area contributed by atoms with E-state index in [0.717, 1.165) is 30.7 Å². The van der Waals surface area contributed by atoms with E-state index in [-0.39, 0.29) is 27.1 Å². The van der Waals surface area contributed by atoms with Gasteiger partial charge < -0.3 is 4.42 Å². The smallest absolute Gasteiger partial charge is 0.247 e. The third kappa shape index (κ3) is 2.62. The molecule has 196 valence electrons. The van der Waals surface area contributed by atoms with E-state index in [4.69, 9.17) is 9.52 Å². The number of benzene rings is 4. The van der Waals surface area contributed by atoms with Gasteiger partial charge in [-0.05, 0) is 78.2 Å². The summed E-state index contributed by atoms with van der Waals surface area (Å²) in [5, 5.41) is 9.49. The van der Waals surface area contributed by atoms with E-state index < -0.39 is 0 Å². The van der Waals surface area contributed by atoms with Crippen LogP contribution in [-0.4, -0.2) is 10.2 Å². The van der Waals surface area contributed by atoms with Crippen molar-refractivity contribution in [3.8, 4) is 11.5 Å². The second-order valence-corrected chi connectivity index (χ2v) is 13.2. The summed E-state index contributed by atoms with van der Waals surface area (Å²) in [6.45, 7) is 0. The maximum atomic E-state index is 6.70. The molecule has 4 saturated carbocycles. The fourth-order valence-corrected chi connectivity index (χ4v) is 10.7. The van der Waals surface area contributed by atoms with Crippen molar-refractivity contribution in [3.05, 3.63) is 144 Å². The summed E-state index contributed by atoms with van der Waals surface area (Å²) >= 11 is 0. The third-order valence-electron chi connectivity index (χ3n) is 11.6.